The third kappa shape index (κ3) is 4.31. The van der Waals surface area contributed by atoms with Gasteiger partial charge >= 0.3 is 0 Å². The van der Waals surface area contributed by atoms with E-state index < -0.39 is 5.78 Å². The molecule has 0 radical (unpaired) electrons. The number of hydrogen-bond donors (Lipinski definition) is 1. The number of allylic oxidation sites excluding steroid dienone is 1. The summed E-state index contributed by atoms with van der Waals surface area (Å²) in [6.07, 6.45) is 2.90. The van der Waals surface area contributed by atoms with Crippen LogP contribution in [-0.2, 0) is 20.9 Å². The number of nitrogens with one attached hydrogen (secondary N) is 1. The summed E-state index contributed by atoms with van der Waals surface area (Å²) in [5.74, 6) is -0.700. The fourth-order valence-corrected chi connectivity index (χ4v) is 3.00. The molecule has 0 fully saturated rings. The number of ether oxygens (including phenoxy) is 1. The van der Waals surface area contributed by atoms with E-state index in [1.54, 1.807) is 32.1 Å². The SMILES string of the molecule is C=CCn1c(C)c(C(=O)C=O)c2c(OCC(=O)N[C@H](C)CC=O)cccc21. The molecule has 7 heteroatoms. The molecule has 0 unspecified atom stereocenters. The molecule has 2 aromatic rings. The van der Waals surface area contributed by atoms with Gasteiger partial charge in [0.1, 0.15) is 12.0 Å². The van der Waals surface area contributed by atoms with Crippen molar-refractivity contribution in [2.45, 2.75) is 32.9 Å². The predicted molar refractivity (Wildman–Crippen MR) is 101 cm³/mol. The summed E-state index contributed by atoms with van der Waals surface area (Å²) in [5, 5.41) is 3.14. The number of fused-ring (bicyclic) bond motifs is 1. The summed E-state index contributed by atoms with van der Waals surface area (Å²) in [4.78, 5) is 45.8. The predicted octanol–water partition coefficient (Wildman–Crippen LogP) is 1.99. The van der Waals surface area contributed by atoms with E-state index in [0.29, 0.717) is 28.9 Å². The number of carbonyl (C=O) groups excluding carboxylic acids is 4. The molecule has 2 rings (SSSR count). The van der Waals surface area contributed by atoms with Gasteiger partial charge in [-0.15, -0.1) is 6.58 Å². The van der Waals surface area contributed by atoms with Crippen LogP contribution in [0.3, 0.4) is 0 Å². The van der Waals surface area contributed by atoms with E-state index in [0.717, 1.165) is 6.29 Å². The average Bonchev–Trinajstić information content (AvgIpc) is 2.92. The number of carbonyl (C=O) groups is 4. The molecule has 142 valence electrons. The molecule has 1 N–H and O–H groups in total. The Balaban J connectivity index is 2.40. The van der Waals surface area contributed by atoms with Gasteiger partial charge in [-0.2, -0.15) is 0 Å². The number of amides is 1. The summed E-state index contributed by atoms with van der Waals surface area (Å²) in [5.41, 5.74) is 1.60. The third-order valence-corrected chi connectivity index (χ3v) is 4.19. The molecular formula is C20H22N2O5. The molecule has 7 nitrogen and oxygen atoms in total. The van der Waals surface area contributed by atoms with Crippen molar-refractivity contribution in [2.75, 3.05) is 6.61 Å². The summed E-state index contributed by atoms with van der Waals surface area (Å²) >= 11 is 0. The van der Waals surface area contributed by atoms with Gasteiger partial charge in [0.2, 0.25) is 5.78 Å². The Labute approximate surface area is 157 Å². The maximum absolute atomic E-state index is 12.2. The largest absolute Gasteiger partial charge is 0.483 e. The molecule has 0 aliphatic rings. The number of hydrogen-bond acceptors (Lipinski definition) is 5. The number of aldehydes is 2. The number of Topliss-reactive ketones (excluding diaryl/α,β-unsaturated/α-hetero) is 1. The van der Waals surface area contributed by atoms with Gasteiger partial charge in [-0.25, -0.2) is 0 Å². The van der Waals surface area contributed by atoms with Gasteiger partial charge in [-0.3, -0.25) is 14.4 Å². The monoisotopic (exact) mass is 370 g/mol. The van der Waals surface area contributed by atoms with Crippen molar-refractivity contribution < 1.29 is 23.9 Å². The second-order valence-corrected chi connectivity index (χ2v) is 6.15. The third-order valence-electron chi connectivity index (χ3n) is 4.19. The second kappa shape index (κ2) is 8.93. The van der Waals surface area contributed by atoms with E-state index in [2.05, 4.69) is 11.9 Å². The summed E-state index contributed by atoms with van der Waals surface area (Å²) in [7, 11) is 0. The van der Waals surface area contributed by atoms with E-state index in [9.17, 15) is 19.2 Å². The normalized spacial score (nSPS) is 11.6. The molecule has 1 aromatic carbocycles. The fourth-order valence-electron chi connectivity index (χ4n) is 3.00. The van der Waals surface area contributed by atoms with E-state index in [4.69, 9.17) is 4.74 Å². The number of nitrogens with zero attached hydrogens (tertiary/aromatic N) is 1. The molecule has 1 heterocycles. The summed E-state index contributed by atoms with van der Waals surface area (Å²) < 4.78 is 7.49. The zero-order valence-corrected chi connectivity index (χ0v) is 15.4. The van der Waals surface area contributed by atoms with Gasteiger partial charge < -0.3 is 19.4 Å². The molecule has 0 aliphatic carbocycles. The second-order valence-electron chi connectivity index (χ2n) is 6.15. The minimum Gasteiger partial charge on any atom is -0.483 e. The number of benzene rings is 1. The smallest absolute Gasteiger partial charge is 0.258 e. The lowest BCUT2D eigenvalue weighted by molar-refractivity contribution is -0.123. The van der Waals surface area contributed by atoms with Crippen LogP contribution in [0.4, 0.5) is 0 Å². The standard InChI is InChI=1S/C20H22N2O5/c1-4-9-22-14(3)19(16(25)11-24)20-15(22)6-5-7-17(20)27-12-18(26)21-13(2)8-10-23/h4-7,10-11,13H,1,8-9,12H2,2-3H3,(H,21,26)/t13-/m1/s1. The van der Waals surface area contributed by atoms with Crippen molar-refractivity contribution in [2.24, 2.45) is 0 Å². The Morgan fingerprint density at radius 2 is 2.07 bits per heavy atom. The van der Waals surface area contributed by atoms with E-state index >= 15 is 0 Å². The first-order valence-electron chi connectivity index (χ1n) is 8.52. The van der Waals surface area contributed by atoms with Crippen LogP contribution in [0.25, 0.3) is 10.9 Å². The molecule has 0 aliphatic heterocycles. The minimum atomic E-state index is -0.652. The Morgan fingerprint density at radius 1 is 1.33 bits per heavy atom. The Kier molecular flexibility index (Phi) is 6.65. The molecule has 0 bridgehead atoms. The van der Waals surface area contributed by atoms with E-state index in [1.807, 2.05) is 10.6 Å². The highest BCUT2D eigenvalue weighted by Crippen LogP contribution is 2.33. The first kappa shape index (κ1) is 20.1. The number of ketones is 1. The summed E-state index contributed by atoms with van der Waals surface area (Å²) in [6.45, 7) is 7.37. The molecule has 27 heavy (non-hydrogen) atoms. The highest BCUT2D eigenvalue weighted by Gasteiger charge is 2.22. The first-order valence-corrected chi connectivity index (χ1v) is 8.52. The van der Waals surface area contributed by atoms with Gasteiger partial charge in [0, 0.05) is 24.7 Å². The molecule has 0 saturated carbocycles. The molecule has 0 saturated heterocycles. The van der Waals surface area contributed by atoms with Crippen LogP contribution in [0.1, 0.15) is 29.4 Å². The molecule has 1 atom stereocenters. The topological polar surface area (TPSA) is 94.5 Å². The Hall–Kier alpha value is -3.22. The Morgan fingerprint density at radius 3 is 2.70 bits per heavy atom. The number of aromatic nitrogens is 1. The van der Waals surface area contributed by atoms with Crippen LogP contribution in [-0.4, -0.2) is 41.5 Å². The van der Waals surface area contributed by atoms with Crippen LogP contribution in [0.15, 0.2) is 30.9 Å². The highest BCUT2D eigenvalue weighted by atomic mass is 16.5. The van der Waals surface area contributed by atoms with Crippen LogP contribution < -0.4 is 10.1 Å². The van der Waals surface area contributed by atoms with Crippen molar-refractivity contribution in [3.63, 3.8) is 0 Å². The van der Waals surface area contributed by atoms with Crippen LogP contribution in [0.2, 0.25) is 0 Å². The average molecular weight is 370 g/mol. The highest BCUT2D eigenvalue weighted by molar-refractivity contribution is 6.37. The van der Waals surface area contributed by atoms with Crippen molar-refractivity contribution in [3.8, 4) is 5.75 Å². The lowest BCUT2D eigenvalue weighted by Crippen LogP contribution is -2.36. The van der Waals surface area contributed by atoms with Crippen molar-refractivity contribution in [1.29, 1.82) is 0 Å². The van der Waals surface area contributed by atoms with Crippen LogP contribution in [0, 0.1) is 6.92 Å². The zero-order chi connectivity index (χ0) is 20.0. The number of rotatable bonds is 10. The van der Waals surface area contributed by atoms with Crippen molar-refractivity contribution >= 4 is 35.2 Å². The van der Waals surface area contributed by atoms with Gasteiger partial charge in [-0.05, 0) is 26.0 Å². The maximum Gasteiger partial charge on any atom is 0.258 e. The van der Waals surface area contributed by atoms with E-state index in [1.165, 1.54) is 0 Å². The van der Waals surface area contributed by atoms with Gasteiger partial charge in [-0.1, -0.05) is 12.1 Å². The Bertz CT molecular complexity index is 897. The first-order chi connectivity index (χ1) is 12.9. The van der Waals surface area contributed by atoms with Crippen molar-refractivity contribution in [3.05, 3.63) is 42.1 Å². The van der Waals surface area contributed by atoms with Gasteiger partial charge in [0.25, 0.3) is 5.91 Å². The van der Waals surface area contributed by atoms with Crippen molar-refractivity contribution in [1.82, 2.24) is 9.88 Å². The van der Waals surface area contributed by atoms with E-state index in [-0.39, 0.29) is 36.8 Å². The van der Waals surface area contributed by atoms with Gasteiger partial charge in [0.05, 0.1) is 16.5 Å². The van der Waals surface area contributed by atoms with Crippen LogP contribution in [0.5, 0.6) is 5.75 Å². The lowest BCUT2D eigenvalue weighted by atomic mass is 10.1. The van der Waals surface area contributed by atoms with Crippen LogP contribution >= 0.6 is 0 Å². The minimum absolute atomic E-state index is 0.211. The molecular weight excluding hydrogens is 348 g/mol. The van der Waals surface area contributed by atoms with Gasteiger partial charge in [0.15, 0.2) is 12.9 Å². The molecule has 1 aromatic heterocycles. The maximum atomic E-state index is 12.2. The molecule has 0 spiro atoms. The lowest BCUT2D eigenvalue weighted by Gasteiger charge is -2.12. The quantitative estimate of drug-likeness (QED) is 0.299. The molecule has 1 amide bonds. The fraction of sp³-hybridized carbons (Fsp3) is 0.300. The summed E-state index contributed by atoms with van der Waals surface area (Å²) in [6, 6.07) is 4.91. The zero-order valence-electron chi connectivity index (χ0n) is 15.4.